The lowest BCUT2D eigenvalue weighted by Gasteiger charge is -2.40. The third-order valence-corrected chi connectivity index (χ3v) is 3.65. The molecule has 1 aliphatic rings. The molecule has 0 spiro atoms. The van der Waals surface area contributed by atoms with Crippen molar-refractivity contribution in [3.8, 4) is 0 Å². The fourth-order valence-electron chi connectivity index (χ4n) is 2.68. The van der Waals surface area contributed by atoms with Crippen LogP contribution in [0.5, 0.6) is 0 Å². The number of hydrogen-bond donors (Lipinski definition) is 1. The fraction of sp³-hybridized carbons (Fsp3) is 0.500. The van der Waals surface area contributed by atoms with E-state index in [0.717, 1.165) is 19.6 Å². The minimum Gasteiger partial charge on any atom is -0.311 e. The van der Waals surface area contributed by atoms with E-state index in [-0.39, 0.29) is 0 Å². The van der Waals surface area contributed by atoms with Crippen LogP contribution in [0.15, 0.2) is 42.5 Å². The van der Waals surface area contributed by atoms with Crippen molar-refractivity contribution in [3.05, 3.63) is 48.0 Å². The highest BCUT2D eigenvalue weighted by atomic mass is 15.2. The van der Waals surface area contributed by atoms with Crippen LogP contribution in [0, 0.1) is 0 Å². The van der Waals surface area contributed by atoms with Crippen LogP contribution < -0.4 is 5.32 Å². The Balaban J connectivity index is 2.14. The van der Waals surface area contributed by atoms with Crippen LogP contribution in [0.2, 0.25) is 0 Å². The van der Waals surface area contributed by atoms with Crippen LogP contribution in [0.25, 0.3) is 0 Å². The summed E-state index contributed by atoms with van der Waals surface area (Å²) in [6.07, 6.45) is 1.19. The van der Waals surface area contributed by atoms with Crippen molar-refractivity contribution in [2.45, 2.75) is 32.4 Å². The number of hydrogen-bond acceptors (Lipinski definition) is 2. The smallest absolute Gasteiger partial charge is 0.0476 e. The summed E-state index contributed by atoms with van der Waals surface area (Å²) in [4.78, 5) is 2.56. The number of nitrogens with one attached hydrogen (secondary N) is 1. The highest BCUT2D eigenvalue weighted by molar-refractivity contribution is 5.21. The van der Waals surface area contributed by atoms with E-state index in [0.29, 0.717) is 12.1 Å². The van der Waals surface area contributed by atoms with E-state index in [9.17, 15) is 0 Å². The molecule has 98 valence electrons. The van der Waals surface area contributed by atoms with Gasteiger partial charge in [-0.1, -0.05) is 49.4 Å². The van der Waals surface area contributed by atoms with Gasteiger partial charge in [0.25, 0.3) is 0 Å². The maximum absolute atomic E-state index is 4.07. The molecule has 0 radical (unpaired) electrons. The van der Waals surface area contributed by atoms with E-state index in [4.69, 9.17) is 0 Å². The van der Waals surface area contributed by atoms with E-state index in [1.807, 2.05) is 0 Å². The Bertz CT molecular complexity index is 385. The predicted molar refractivity (Wildman–Crippen MR) is 77.7 cm³/mol. The molecule has 1 saturated heterocycles. The minimum atomic E-state index is 0.477. The van der Waals surface area contributed by atoms with Gasteiger partial charge in [-0.25, -0.2) is 0 Å². The molecule has 2 rings (SSSR count). The molecule has 18 heavy (non-hydrogen) atoms. The number of piperazine rings is 1. The van der Waals surface area contributed by atoms with Crippen LogP contribution in [-0.2, 0) is 0 Å². The molecule has 1 heterocycles. The topological polar surface area (TPSA) is 15.3 Å². The molecule has 1 fully saturated rings. The van der Waals surface area contributed by atoms with E-state index in [1.54, 1.807) is 0 Å². The van der Waals surface area contributed by atoms with Gasteiger partial charge in [0, 0.05) is 31.7 Å². The molecule has 1 aromatic carbocycles. The molecule has 2 atom stereocenters. The molecular weight excluding hydrogens is 220 g/mol. The Morgan fingerprint density at radius 3 is 2.72 bits per heavy atom. The van der Waals surface area contributed by atoms with Crippen LogP contribution in [0.1, 0.15) is 31.9 Å². The van der Waals surface area contributed by atoms with E-state index in [1.165, 1.54) is 17.6 Å². The second-order valence-electron chi connectivity index (χ2n) is 5.33. The quantitative estimate of drug-likeness (QED) is 0.819. The summed E-state index contributed by atoms with van der Waals surface area (Å²) in [7, 11) is 0. The van der Waals surface area contributed by atoms with Crippen molar-refractivity contribution < 1.29 is 0 Å². The zero-order chi connectivity index (χ0) is 13.0. The summed E-state index contributed by atoms with van der Waals surface area (Å²) < 4.78 is 0. The molecule has 0 aromatic heterocycles. The first kappa shape index (κ1) is 13.3. The fourth-order valence-corrected chi connectivity index (χ4v) is 2.68. The highest BCUT2D eigenvalue weighted by Crippen LogP contribution is 2.24. The number of nitrogens with zero attached hydrogens (tertiary/aromatic N) is 1. The van der Waals surface area contributed by atoms with Crippen molar-refractivity contribution in [3.63, 3.8) is 0 Å². The third kappa shape index (κ3) is 3.21. The molecule has 2 unspecified atom stereocenters. The monoisotopic (exact) mass is 244 g/mol. The van der Waals surface area contributed by atoms with Crippen molar-refractivity contribution in [2.75, 3.05) is 19.6 Å². The van der Waals surface area contributed by atoms with Gasteiger partial charge in [0.05, 0.1) is 0 Å². The first-order chi connectivity index (χ1) is 8.70. The SMILES string of the molecule is C=C(C)CN1CC(CC)NCC1c1ccccc1. The van der Waals surface area contributed by atoms with Gasteiger partial charge in [0.1, 0.15) is 0 Å². The molecule has 2 heteroatoms. The second kappa shape index (κ2) is 6.17. The molecule has 0 saturated carbocycles. The molecule has 0 amide bonds. The summed E-state index contributed by atoms with van der Waals surface area (Å²) in [5.41, 5.74) is 2.65. The lowest BCUT2D eigenvalue weighted by atomic mass is 9.99. The summed E-state index contributed by atoms with van der Waals surface area (Å²) in [6, 6.07) is 11.9. The zero-order valence-corrected chi connectivity index (χ0v) is 11.5. The summed E-state index contributed by atoms with van der Waals surface area (Å²) in [5, 5.41) is 3.65. The molecule has 0 bridgehead atoms. The van der Waals surface area contributed by atoms with Crippen LogP contribution >= 0.6 is 0 Å². The molecule has 1 N–H and O–H groups in total. The van der Waals surface area contributed by atoms with Gasteiger partial charge in [0.15, 0.2) is 0 Å². The van der Waals surface area contributed by atoms with E-state index < -0.39 is 0 Å². The van der Waals surface area contributed by atoms with Gasteiger partial charge in [-0.15, -0.1) is 0 Å². The molecule has 2 nitrogen and oxygen atoms in total. The van der Waals surface area contributed by atoms with Crippen molar-refractivity contribution in [2.24, 2.45) is 0 Å². The van der Waals surface area contributed by atoms with Crippen LogP contribution in [0.3, 0.4) is 0 Å². The van der Waals surface area contributed by atoms with Gasteiger partial charge in [0.2, 0.25) is 0 Å². The number of rotatable bonds is 4. The predicted octanol–water partition coefficient (Wildman–Crippen LogP) is 2.99. The van der Waals surface area contributed by atoms with Gasteiger partial charge in [-0.05, 0) is 18.9 Å². The normalized spacial score (nSPS) is 25.0. The highest BCUT2D eigenvalue weighted by Gasteiger charge is 2.27. The summed E-state index contributed by atoms with van der Waals surface area (Å²) in [6.45, 7) is 11.6. The first-order valence-corrected chi connectivity index (χ1v) is 6.87. The summed E-state index contributed by atoms with van der Waals surface area (Å²) >= 11 is 0. The third-order valence-electron chi connectivity index (χ3n) is 3.65. The maximum Gasteiger partial charge on any atom is 0.0476 e. The van der Waals surface area contributed by atoms with Gasteiger partial charge in [-0.3, -0.25) is 4.90 Å². The lowest BCUT2D eigenvalue weighted by Crippen LogP contribution is -2.52. The lowest BCUT2D eigenvalue weighted by molar-refractivity contribution is 0.140. The molecular formula is C16H24N2. The first-order valence-electron chi connectivity index (χ1n) is 6.87. The average Bonchev–Trinajstić information content (AvgIpc) is 2.39. The van der Waals surface area contributed by atoms with Crippen molar-refractivity contribution >= 4 is 0 Å². The van der Waals surface area contributed by atoms with E-state index in [2.05, 4.69) is 61.0 Å². The Morgan fingerprint density at radius 2 is 2.11 bits per heavy atom. The average molecular weight is 244 g/mol. The standard InChI is InChI=1S/C16H24N2/c1-4-15-12-18(11-13(2)3)16(10-17-15)14-8-6-5-7-9-14/h5-9,15-17H,2,4,10-12H2,1,3H3. The number of benzene rings is 1. The molecule has 1 aromatic rings. The minimum absolute atomic E-state index is 0.477. The van der Waals surface area contributed by atoms with Crippen molar-refractivity contribution in [1.29, 1.82) is 0 Å². The Morgan fingerprint density at radius 1 is 1.39 bits per heavy atom. The second-order valence-corrected chi connectivity index (χ2v) is 5.33. The van der Waals surface area contributed by atoms with Gasteiger partial charge in [-0.2, -0.15) is 0 Å². The van der Waals surface area contributed by atoms with Gasteiger partial charge < -0.3 is 5.32 Å². The Hall–Kier alpha value is -1.12. The maximum atomic E-state index is 4.07. The zero-order valence-electron chi connectivity index (χ0n) is 11.5. The largest absolute Gasteiger partial charge is 0.311 e. The molecule has 0 aliphatic carbocycles. The Kier molecular flexibility index (Phi) is 4.56. The van der Waals surface area contributed by atoms with Gasteiger partial charge >= 0.3 is 0 Å². The van der Waals surface area contributed by atoms with Crippen LogP contribution in [-0.4, -0.2) is 30.6 Å². The molecule has 1 aliphatic heterocycles. The van der Waals surface area contributed by atoms with E-state index >= 15 is 0 Å². The van der Waals surface area contributed by atoms with Crippen LogP contribution in [0.4, 0.5) is 0 Å². The van der Waals surface area contributed by atoms with Crippen molar-refractivity contribution in [1.82, 2.24) is 10.2 Å². The summed E-state index contributed by atoms with van der Waals surface area (Å²) in [5.74, 6) is 0. The Labute approximate surface area is 111 Å².